The highest BCUT2D eigenvalue weighted by atomic mass is 35.5. The first-order chi connectivity index (χ1) is 16.3. The molecule has 1 aliphatic rings. The first-order valence-corrected chi connectivity index (χ1v) is 11.3. The number of carboxylic acids is 1. The number of carbonyl (C=O) groups excluding carboxylic acids is 1. The number of pyridine rings is 1. The molecule has 0 aliphatic heterocycles. The maximum atomic E-state index is 12.5. The van der Waals surface area contributed by atoms with E-state index in [2.05, 4.69) is 25.8 Å². The number of halogens is 3. The number of amides is 1. The first kappa shape index (κ1) is 24.1. The van der Waals surface area contributed by atoms with Gasteiger partial charge in [-0.15, -0.1) is 5.10 Å². The molecule has 1 aliphatic carbocycles. The van der Waals surface area contributed by atoms with Crippen LogP contribution < -0.4 is 15.4 Å². The van der Waals surface area contributed by atoms with Gasteiger partial charge in [0, 0.05) is 5.02 Å². The summed E-state index contributed by atoms with van der Waals surface area (Å²) in [7, 11) is 0. The van der Waals surface area contributed by atoms with Gasteiger partial charge in [0.1, 0.15) is 11.1 Å². The van der Waals surface area contributed by atoms with E-state index < -0.39 is 11.9 Å². The van der Waals surface area contributed by atoms with E-state index in [0.717, 1.165) is 0 Å². The SMILES string of the molecule is O=C(Nc1cnc(OC2CCC(C(=O)O)CC2)c(Cl)c1)c1nnc(Nc2ccc(Cl)cc2Cl)o1. The van der Waals surface area contributed by atoms with Crippen LogP contribution in [0.4, 0.5) is 17.4 Å². The second-order valence-electron chi connectivity index (χ2n) is 7.56. The molecule has 13 heteroatoms. The van der Waals surface area contributed by atoms with Gasteiger partial charge in [-0.05, 0) is 49.9 Å². The molecule has 0 atom stereocenters. The van der Waals surface area contributed by atoms with Gasteiger partial charge < -0.3 is 24.9 Å². The minimum absolute atomic E-state index is 0.0353. The van der Waals surface area contributed by atoms with E-state index in [1.807, 2.05) is 0 Å². The smallest absolute Gasteiger partial charge is 0.320 e. The molecular weight excluding hydrogens is 509 g/mol. The molecule has 1 amide bonds. The van der Waals surface area contributed by atoms with Gasteiger partial charge in [0.05, 0.1) is 28.5 Å². The van der Waals surface area contributed by atoms with Crippen molar-refractivity contribution in [3.05, 3.63) is 51.4 Å². The van der Waals surface area contributed by atoms with Gasteiger partial charge in [-0.1, -0.05) is 39.9 Å². The predicted molar refractivity (Wildman–Crippen MR) is 125 cm³/mol. The van der Waals surface area contributed by atoms with Crippen LogP contribution in [0.1, 0.15) is 36.4 Å². The van der Waals surface area contributed by atoms with Gasteiger partial charge in [-0.2, -0.15) is 0 Å². The van der Waals surface area contributed by atoms with E-state index in [9.17, 15) is 9.59 Å². The molecular formula is C21H18Cl3N5O5. The molecule has 2 aromatic heterocycles. The standard InChI is InChI=1S/C21H18Cl3N5O5/c22-11-3-6-16(14(23)7-11)27-21-29-28-19(34-21)17(30)26-12-8-15(24)18(25-9-12)33-13-4-1-10(2-5-13)20(31)32/h3,6-10,13H,1-2,4-5H2,(H,26,30)(H,27,29)(H,31,32). The number of hydrogen-bond donors (Lipinski definition) is 3. The Hall–Kier alpha value is -3.08. The van der Waals surface area contributed by atoms with E-state index in [1.165, 1.54) is 12.3 Å². The highest BCUT2D eigenvalue weighted by Gasteiger charge is 2.27. The van der Waals surface area contributed by atoms with Gasteiger partial charge in [0.2, 0.25) is 5.88 Å². The number of aromatic nitrogens is 3. The van der Waals surface area contributed by atoms with Crippen LogP contribution in [0.5, 0.6) is 5.88 Å². The van der Waals surface area contributed by atoms with Gasteiger partial charge in [0.25, 0.3) is 0 Å². The van der Waals surface area contributed by atoms with E-state index >= 15 is 0 Å². The summed E-state index contributed by atoms with van der Waals surface area (Å²) in [5, 5.41) is 23.0. The number of carboxylic acid groups (broad SMARTS) is 1. The summed E-state index contributed by atoms with van der Waals surface area (Å²) < 4.78 is 11.1. The van der Waals surface area contributed by atoms with Gasteiger partial charge in [0.15, 0.2) is 0 Å². The molecule has 0 unspecified atom stereocenters. The summed E-state index contributed by atoms with van der Waals surface area (Å²) in [6, 6.07) is 6.25. The lowest BCUT2D eigenvalue weighted by molar-refractivity contribution is -0.143. The number of rotatable bonds is 7. The minimum Gasteiger partial charge on any atom is -0.481 e. The van der Waals surface area contributed by atoms with Crippen LogP contribution in [-0.2, 0) is 4.79 Å². The number of nitrogens with one attached hydrogen (secondary N) is 2. The third-order valence-electron chi connectivity index (χ3n) is 5.16. The highest BCUT2D eigenvalue weighted by molar-refractivity contribution is 6.36. The summed E-state index contributed by atoms with van der Waals surface area (Å²) in [6.45, 7) is 0. The van der Waals surface area contributed by atoms with E-state index in [-0.39, 0.29) is 34.8 Å². The Balaban J connectivity index is 1.34. The molecule has 0 saturated heterocycles. The molecule has 1 fully saturated rings. The Kier molecular flexibility index (Phi) is 7.40. The molecule has 3 aromatic rings. The molecule has 10 nitrogen and oxygen atoms in total. The minimum atomic E-state index is -0.785. The molecule has 34 heavy (non-hydrogen) atoms. The van der Waals surface area contributed by atoms with Crippen LogP contribution >= 0.6 is 34.8 Å². The molecule has 0 radical (unpaired) electrons. The second kappa shape index (κ2) is 10.5. The number of benzene rings is 1. The molecule has 1 saturated carbocycles. The number of hydrogen-bond acceptors (Lipinski definition) is 8. The Bertz CT molecular complexity index is 1210. The fourth-order valence-corrected chi connectivity index (χ4v) is 4.09. The van der Waals surface area contributed by atoms with Crippen LogP contribution in [0.2, 0.25) is 15.1 Å². The predicted octanol–water partition coefficient (Wildman–Crippen LogP) is 5.44. The zero-order valence-electron chi connectivity index (χ0n) is 17.4. The fourth-order valence-electron chi connectivity index (χ4n) is 3.42. The Morgan fingerprint density at radius 2 is 1.82 bits per heavy atom. The maximum Gasteiger partial charge on any atom is 0.320 e. The average molecular weight is 527 g/mol. The van der Waals surface area contributed by atoms with E-state index in [4.69, 9.17) is 49.1 Å². The molecule has 4 rings (SSSR count). The maximum absolute atomic E-state index is 12.5. The second-order valence-corrected chi connectivity index (χ2v) is 8.81. The third kappa shape index (κ3) is 5.88. The third-order valence-corrected chi connectivity index (χ3v) is 5.98. The largest absolute Gasteiger partial charge is 0.481 e. The monoisotopic (exact) mass is 525 g/mol. The van der Waals surface area contributed by atoms with Crippen LogP contribution in [0.25, 0.3) is 0 Å². The number of anilines is 3. The summed E-state index contributed by atoms with van der Waals surface area (Å²) in [5.41, 5.74) is 0.773. The van der Waals surface area contributed by atoms with Crippen molar-refractivity contribution in [3.8, 4) is 5.88 Å². The molecule has 2 heterocycles. The topological polar surface area (TPSA) is 139 Å². The summed E-state index contributed by atoms with van der Waals surface area (Å²) >= 11 is 18.2. The lowest BCUT2D eigenvalue weighted by Crippen LogP contribution is -2.28. The van der Waals surface area contributed by atoms with Crippen molar-refractivity contribution < 1.29 is 23.8 Å². The van der Waals surface area contributed by atoms with Crippen LogP contribution in [0, 0.1) is 5.92 Å². The fraction of sp³-hybridized carbons (Fsp3) is 0.286. The van der Waals surface area contributed by atoms with Crippen molar-refractivity contribution in [2.45, 2.75) is 31.8 Å². The summed E-state index contributed by atoms with van der Waals surface area (Å²) in [5.74, 6) is -1.87. The van der Waals surface area contributed by atoms with Crippen molar-refractivity contribution in [2.75, 3.05) is 10.6 Å². The Morgan fingerprint density at radius 3 is 2.50 bits per heavy atom. The quantitative estimate of drug-likeness (QED) is 0.367. The Morgan fingerprint density at radius 1 is 1.06 bits per heavy atom. The molecule has 0 bridgehead atoms. The first-order valence-electron chi connectivity index (χ1n) is 10.2. The van der Waals surface area contributed by atoms with Crippen molar-refractivity contribution in [2.24, 2.45) is 5.92 Å². The molecule has 1 aromatic carbocycles. The number of ether oxygens (including phenoxy) is 1. The normalized spacial score (nSPS) is 17.7. The molecule has 0 spiro atoms. The van der Waals surface area contributed by atoms with E-state index in [1.54, 1.807) is 18.2 Å². The number of carbonyl (C=O) groups is 2. The van der Waals surface area contributed by atoms with Crippen molar-refractivity contribution in [1.29, 1.82) is 0 Å². The van der Waals surface area contributed by atoms with E-state index in [0.29, 0.717) is 47.1 Å². The zero-order chi connectivity index (χ0) is 24.2. The average Bonchev–Trinajstić information content (AvgIpc) is 3.27. The zero-order valence-corrected chi connectivity index (χ0v) is 19.7. The summed E-state index contributed by atoms with van der Waals surface area (Å²) in [4.78, 5) is 27.7. The molecule has 3 N–H and O–H groups in total. The Labute approximate surface area is 208 Å². The summed E-state index contributed by atoms with van der Waals surface area (Å²) in [6.07, 6.45) is 3.49. The van der Waals surface area contributed by atoms with Gasteiger partial charge in [-0.25, -0.2) is 4.98 Å². The van der Waals surface area contributed by atoms with Gasteiger partial charge in [-0.3, -0.25) is 9.59 Å². The number of nitrogens with zero attached hydrogens (tertiary/aromatic N) is 3. The van der Waals surface area contributed by atoms with Crippen molar-refractivity contribution in [1.82, 2.24) is 15.2 Å². The number of aliphatic carboxylic acids is 1. The van der Waals surface area contributed by atoms with Crippen LogP contribution in [0.15, 0.2) is 34.9 Å². The van der Waals surface area contributed by atoms with Crippen molar-refractivity contribution >= 4 is 64.1 Å². The molecule has 178 valence electrons. The van der Waals surface area contributed by atoms with Crippen molar-refractivity contribution in [3.63, 3.8) is 0 Å². The van der Waals surface area contributed by atoms with Gasteiger partial charge >= 0.3 is 23.8 Å². The lowest BCUT2D eigenvalue weighted by Gasteiger charge is -2.26. The lowest BCUT2D eigenvalue weighted by atomic mass is 9.87. The van der Waals surface area contributed by atoms with Crippen LogP contribution in [-0.4, -0.2) is 38.3 Å². The van der Waals surface area contributed by atoms with Crippen LogP contribution in [0.3, 0.4) is 0 Å². The highest BCUT2D eigenvalue weighted by Crippen LogP contribution is 2.31.